The van der Waals surface area contributed by atoms with Gasteiger partial charge in [-0.1, -0.05) is 24.3 Å². The third kappa shape index (κ3) is 4.57. The fourth-order valence-electron chi connectivity index (χ4n) is 2.02. The Labute approximate surface area is 124 Å². The number of carbonyl (C=O) groups excluding carboxylic acids is 1. The van der Waals surface area contributed by atoms with Gasteiger partial charge >= 0.3 is 0 Å². The molecule has 0 atom stereocenters. The van der Waals surface area contributed by atoms with Crippen LogP contribution in [0.5, 0.6) is 0 Å². The molecular weight excluding hydrogens is 264 g/mol. The zero-order chi connectivity index (χ0) is 15.1. The fraction of sp³-hybridized carbons (Fsp3) is 0.250. The maximum absolute atomic E-state index is 11.6. The number of rotatable bonds is 7. The van der Waals surface area contributed by atoms with Crippen molar-refractivity contribution < 1.29 is 4.79 Å². The standard InChI is InChI=1S/C16H20N4O/c1-3-9-17-16(21)13-19(2)11-14-10-18-20(12-14)15-7-5-4-6-8-15/h3-8,10,12H,1,9,11,13H2,2H3,(H,17,21). The Morgan fingerprint density at radius 3 is 2.90 bits per heavy atom. The van der Waals surface area contributed by atoms with Gasteiger partial charge in [0.2, 0.25) is 5.91 Å². The van der Waals surface area contributed by atoms with Gasteiger partial charge in [-0.05, 0) is 19.2 Å². The summed E-state index contributed by atoms with van der Waals surface area (Å²) < 4.78 is 1.83. The van der Waals surface area contributed by atoms with Gasteiger partial charge in [0, 0.05) is 24.8 Å². The van der Waals surface area contributed by atoms with Crippen LogP contribution in [0.25, 0.3) is 5.69 Å². The van der Waals surface area contributed by atoms with Crippen LogP contribution < -0.4 is 5.32 Å². The molecule has 2 rings (SSSR count). The molecule has 21 heavy (non-hydrogen) atoms. The van der Waals surface area contributed by atoms with Gasteiger partial charge in [-0.3, -0.25) is 9.69 Å². The molecule has 0 aliphatic rings. The number of aromatic nitrogens is 2. The number of hydrogen-bond donors (Lipinski definition) is 1. The second-order valence-electron chi connectivity index (χ2n) is 4.89. The molecule has 110 valence electrons. The van der Waals surface area contributed by atoms with E-state index < -0.39 is 0 Å². The zero-order valence-electron chi connectivity index (χ0n) is 12.2. The van der Waals surface area contributed by atoms with Crippen LogP contribution in [-0.4, -0.2) is 40.7 Å². The van der Waals surface area contributed by atoms with E-state index in [0.29, 0.717) is 19.6 Å². The van der Waals surface area contributed by atoms with E-state index in [0.717, 1.165) is 11.3 Å². The average Bonchev–Trinajstić information content (AvgIpc) is 2.94. The molecule has 5 nitrogen and oxygen atoms in total. The number of hydrogen-bond acceptors (Lipinski definition) is 3. The lowest BCUT2D eigenvalue weighted by Crippen LogP contribution is -2.34. The molecule has 0 fully saturated rings. The predicted molar refractivity (Wildman–Crippen MR) is 83.1 cm³/mol. The molecular formula is C16H20N4O. The summed E-state index contributed by atoms with van der Waals surface area (Å²) >= 11 is 0. The molecule has 0 aliphatic carbocycles. The Morgan fingerprint density at radius 1 is 1.43 bits per heavy atom. The van der Waals surface area contributed by atoms with E-state index in [4.69, 9.17) is 0 Å². The first kappa shape index (κ1) is 15.0. The van der Waals surface area contributed by atoms with Crippen LogP contribution in [0.3, 0.4) is 0 Å². The topological polar surface area (TPSA) is 50.2 Å². The van der Waals surface area contributed by atoms with E-state index in [-0.39, 0.29) is 5.91 Å². The van der Waals surface area contributed by atoms with Crippen LogP contribution in [0.1, 0.15) is 5.56 Å². The highest BCUT2D eigenvalue weighted by molar-refractivity contribution is 5.78. The quantitative estimate of drug-likeness (QED) is 0.786. The van der Waals surface area contributed by atoms with Crippen molar-refractivity contribution in [2.45, 2.75) is 6.54 Å². The van der Waals surface area contributed by atoms with Gasteiger partial charge in [-0.25, -0.2) is 4.68 Å². The van der Waals surface area contributed by atoms with Gasteiger partial charge < -0.3 is 5.32 Å². The van der Waals surface area contributed by atoms with Gasteiger partial charge in [0.05, 0.1) is 18.4 Å². The summed E-state index contributed by atoms with van der Waals surface area (Å²) in [6, 6.07) is 9.94. The Morgan fingerprint density at radius 2 is 2.19 bits per heavy atom. The molecule has 0 aliphatic heterocycles. The van der Waals surface area contributed by atoms with Crippen molar-refractivity contribution in [1.82, 2.24) is 20.0 Å². The van der Waals surface area contributed by atoms with Gasteiger partial charge in [-0.2, -0.15) is 5.10 Å². The maximum atomic E-state index is 11.6. The minimum absolute atomic E-state index is 0.00662. The Balaban J connectivity index is 1.90. The maximum Gasteiger partial charge on any atom is 0.234 e. The molecule has 0 saturated carbocycles. The summed E-state index contributed by atoms with van der Waals surface area (Å²) in [5, 5.41) is 7.11. The molecule has 1 aromatic heterocycles. The molecule has 2 aromatic rings. The van der Waals surface area contributed by atoms with E-state index >= 15 is 0 Å². The SMILES string of the molecule is C=CCNC(=O)CN(C)Cc1cnn(-c2ccccc2)c1. The van der Waals surface area contributed by atoms with Crippen molar-refractivity contribution in [3.63, 3.8) is 0 Å². The molecule has 0 saturated heterocycles. The number of likely N-dealkylation sites (N-methyl/N-ethyl adjacent to an activating group) is 1. The summed E-state index contributed by atoms with van der Waals surface area (Å²) in [5.41, 5.74) is 2.09. The average molecular weight is 284 g/mol. The van der Waals surface area contributed by atoms with E-state index in [1.807, 2.05) is 59.4 Å². The summed E-state index contributed by atoms with van der Waals surface area (Å²) in [7, 11) is 1.91. The number of amides is 1. The minimum Gasteiger partial charge on any atom is -0.352 e. The molecule has 1 amide bonds. The zero-order valence-corrected chi connectivity index (χ0v) is 12.2. The number of carbonyl (C=O) groups is 1. The number of para-hydroxylation sites is 1. The predicted octanol–water partition coefficient (Wildman–Crippen LogP) is 1.61. The van der Waals surface area contributed by atoms with Crippen molar-refractivity contribution in [3.05, 3.63) is 60.9 Å². The van der Waals surface area contributed by atoms with E-state index in [1.165, 1.54) is 0 Å². The van der Waals surface area contributed by atoms with Crippen LogP contribution in [0.4, 0.5) is 0 Å². The first-order valence-corrected chi connectivity index (χ1v) is 6.84. The van der Waals surface area contributed by atoms with Crippen molar-refractivity contribution in [1.29, 1.82) is 0 Å². The molecule has 5 heteroatoms. The van der Waals surface area contributed by atoms with Crippen molar-refractivity contribution in [2.24, 2.45) is 0 Å². The van der Waals surface area contributed by atoms with Crippen LogP contribution in [0.2, 0.25) is 0 Å². The number of nitrogens with one attached hydrogen (secondary N) is 1. The Bertz CT molecular complexity index is 591. The van der Waals surface area contributed by atoms with Crippen molar-refractivity contribution in [3.8, 4) is 5.69 Å². The van der Waals surface area contributed by atoms with E-state index in [1.54, 1.807) is 6.08 Å². The van der Waals surface area contributed by atoms with Crippen LogP contribution in [-0.2, 0) is 11.3 Å². The van der Waals surface area contributed by atoms with Crippen LogP contribution >= 0.6 is 0 Å². The largest absolute Gasteiger partial charge is 0.352 e. The molecule has 0 radical (unpaired) electrons. The van der Waals surface area contributed by atoms with E-state index in [2.05, 4.69) is 17.0 Å². The summed E-state index contributed by atoms with van der Waals surface area (Å²) in [4.78, 5) is 13.6. The van der Waals surface area contributed by atoms with Crippen LogP contribution in [0, 0.1) is 0 Å². The van der Waals surface area contributed by atoms with Gasteiger partial charge in [0.15, 0.2) is 0 Å². The Kier molecular flexibility index (Phi) is 5.29. The number of benzene rings is 1. The lowest BCUT2D eigenvalue weighted by molar-refractivity contribution is -0.121. The highest BCUT2D eigenvalue weighted by Gasteiger charge is 2.08. The van der Waals surface area contributed by atoms with Gasteiger partial charge in [0.1, 0.15) is 0 Å². The lowest BCUT2D eigenvalue weighted by Gasteiger charge is -2.14. The lowest BCUT2D eigenvalue weighted by atomic mass is 10.3. The smallest absolute Gasteiger partial charge is 0.234 e. The number of nitrogens with zero attached hydrogens (tertiary/aromatic N) is 3. The molecule has 1 heterocycles. The minimum atomic E-state index is -0.00662. The van der Waals surface area contributed by atoms with E-state index in [9.17, 15) is 4.79 Å². The third-order valence-corrected chi connectivity index (χ3v) is 2.97. The Hall–Kier alpha value is -2.40. The molecule has 0 spiro atoms. The monoisotopic (exact) mass is 284 g/mol. The fourth-order valence-corrected chi connectivity index (χ4v) is 2.02. The molecule has 0 bridgehead atoms. The summed E-state index contributed by atoms with van der Waals surface area (Å²) in [6.45, 7) is 5.10. The van der Waals surface area contributed by atoms with Crippen molar-refractivity contribution >= 4 is 5.91 Å². The first-order valence-electron chi connectivity index (χ1n) is 6.84. The second-order valence-corrected chi connectivity index (χ2v) is 4.89. The van der Waals surface area contributed by atoms with Gasteiger partial charge in [-0.15, -0.1) is 6.58 Å². The normalized spacial score (nSPS) is 10.6. The third-order valence-electron chi connectivity index (χ3n) is 2.97. The molecule has 1 N–H and O–H groups in total. The highest BCUT2D eigenvalue weighted by atomic mass is 16.2. The highest BCUT2D eigenvalue weighted by Crippen LogP contribution is 2.08. The second kappa shape index (κ2) is 7.40. The molecule has 1 aromatic carbocycles. The van der Waals surface area contributed by atoms with Crippen molar-refractivity contribution in [2.75, 3.05) is 20.1 Å². The van der Waals surface area contributed by atoms with Gasteiger partial charge in [0.25, 0.3) is 0 Å². The summed E-state index contributed by atoms with van der Waals surface area (Å²) in [6.07, 6.45) is 5.47. The summed E-state index contributed by atoms with van der Waals surface area (Å²) in [5.74, 6) is -0.00662. The first-order chi connectivity index (χ1) is 10.2. The molecule has 0 unspecified atom stereocenters. The van der Waals surface area contributed by atoms with Crippen LogP contribution in [0.15, 0.2) is 55.4 Å².